The van der Waals surface area contributed by atoms with Gasteiger partial charge in [0.15, 0.2) is 0 Å². The van der Waals surface area contributed by atoms with Crippen LogP contribution in [-0.4, -0.2) is 28.8 Å². The summed E-state index contributed by atoms with van der Waals surface area (Å²) < 4.78 is 1.83. The van der Waals surface area contributed by atoms with E-state index in [4.69, 9.17) is 0 Å². The summed E-state index contributed by atoms with van der Waals surface area (Å²) in [4.78, 5) is 12.4. The fourth-order valence-corrected chi connectivity index (χ4v) is 3.70. The van der Waals surface area contributed by atoms with Crippen molar-refractivity contribution in [1.82, 2.24) is 20.4 Å². The van der Waals surface area contributed by atoms with Crippen LogP contribution in [0.5, 0.6) is 0 Å². The molecular weight excluding hydrogens is 288 g/mol. The second-order valence-electron chi connectivity index (χ2n) is 6.70. The Bertz CT molecular complexity index is 672. The van der Waals surface area contributed by atoms with Gasteiger partial charge in [-0.3, -0.25) is 4.79 Å². The van der Waals surface area contributed by atoms with Crippen molar-refractivity contribution in [1.29, 1.82) is 0 Å². The molecule has 1 atom stereocenters. The predicted molar refractivity (Wildman–Crippen MR) is 88.1 cm³/mol. The zero-order valence-electron chi connectivity index (χ0n) is 13.2. The van der Waals surface area contributed by atoms with E-state index in [0.717, 1.165) is 43.6 Å². The Balaban J connectivity index is 1.32. The highest BCUT2D eigenvalue weighted by molar-refractivity contribution is 5.82. The summed E-state index contributed by atoms with van der Waals surface area (Å²) >= 11 is 0. The van der Waals surface area contributed by atoms with Crippen molar-refractivity contribution in [3.63, 3.8) is 0 Å². The molecule has 0 radical (unpaired) electrons. The first-order valence-corrected chi connectivity index (χ1v) is 8.34. The van der Waals surface area contributed by atoms with Crippen molar-refractivity contribution in [2.75, 3.05) is 13.1 Å². The topological polar surface area (TPSA) is 59.0 Å². The van der Waals surface area contributed by atoms with Gasteiger partial charge < -0.3 is 10.6 Å². The molecule has 4 rings (SSSR count). The molecule has 2 aromatic rings. The molecule has 5 heteroatoms. The summed E-state index contributed by atoms with van der Waals surface area (Å²) in [5.74, 6) is 0.455. The van der Waals surface area contributed by atoms with Gasteiger partial charge in [0.1, 0.15) is 0 Å². The molecule has 1 saturated carbocycles. The molecule has 1 spiro atoms. The maximum atomic E-state index is 12.4. The number of carbonyl (C=O) groups excluding carboxylic acids is 1. The minimum atomic E-state index is 0.225. The monoisotopic (exact) mass is 310 g/mol. The lowest BCUT2D eigenvalue weighted by Gasteiger charge is -2.23. The third kappa shape index (κ3) is 2.88. The molecule has 2 N–H and O–H groups in total. The van der Waals surface area contributed by atoms with Crippen molar-refractivity contribution in [2.24, 2.45) is 11.3 Å². The van der Waals surface area contributed by atoms with Gasteiger partial charge in [0.2, 0.25) is 5.91 Å². The molecule has 5 nitrogen and oxygen atoms in total. The molecule has 1 aromatic heterocycles. The number of amides is 1. The number of carbonyl (C=O) groups is 1. The fraction of sp³-hybridized carbons (Fsp3) is 0.444. The lowest BCUT2D eigenvalue weighted by molar-refractivity contribution is -0.123. The van der Waals surface area contributed by atoms with Crippen LogP contribution in [0.3, 0.4) is 0 Å². The van der Waals surface area contributed by atoms with Gasteiger partial charge in [0.05, 0.1) is 5.69 Å². The molecule has 2 heterocycles. The van der Waals surface area contributed by atoms with Crippen LogP contribution in [-0.2, 0) is 11.3 Å². The van der Waals surface area contributed by atoms with Crippen molar-refractivity contribution >= 4 is 5.91 Å². The van der Waals surface area contributed by atoms with E-state index in [1.54, 1.807) is 6.20 Å². The molecule has 23 heavy (non-hydrogen) atoms. The van der Waals surface area contributed by atoms with Crippen LogP contribution in [0.15, 0.2) is 42.7 Å². The zero-order chi connectivity index (χ0) is 15.7. The first kappa shape index (κ1) is 14.5. The number of hydrogen-bond acceptors (Lipinski definition) is 3. The standard InChI is InChI=1S/C18H22N4O/c23-17(16-12-18(16)6-9-19-10-7-18)20-13-14-2-4-15(5-3-14)22-11-1-8-21-22/h1-5,8,11,16,19H,6-7,9-10,12-13H2,(H,20,23). The van der Waals surface area contributed by atoms with E-state index >= 15 is 0 Å². The second kappa shape index (κ2) is 5.81. The molecule has 1 aliphatic carbocycles. The number of rotatable bonds is 4. The number of piperidine rings is 1. The maximum Gasteiger partial charge on any atom is 0.223 e. The summed E-state index contributed by atoms with van der Waals surface area (Å²) in [7, 11) is 0. The number of benzene rings is 1. The Labute approximate surface area is 136 Å². The highest BCUT2D eigenvalue weighted by atomic mass is 16.2. The first-order valence-electron chi connectivity index (χ1n) is 8.34. The molecule has 1 aromatic carbocycles. The summed E-state index contributed by atoms with van der Waals surface area (Å²) in [5.41, 5.74) is 2.45. The van der Waals surface area contributed by atoms with Crippen molar-refractivity contribution in [2.45, 2.75) is 25.8 Å². The summed E-state index contributed by atoms with van der Waals surface area (Å²) in [6.45, 7) is 2.71. The van der Waals surface area contributed by atoms with Crippen LogP contribution in [0, 0.1) is 11.3 Å². The molecular formula is C18H22N4O. The molecule has 2 aliphatic rings. The normalized spacial score (nSPS) is 22.0. The van der Waals surface area contributed by atoms with E-state index in [1.165, 1.54) is 0 Å². The average Bonchev–Trinajstić information content (AvgIpc) is 3.03. The fourth-order valence-electron chi connectivity index (χ4n) is 3.70. The highest BCUT2D eigenvalue weighted by Crippen LogP contribution is 2.58. The van der Waals surface area contributed by atoms with E-state index in [1.807, 2.05) is 41.2 Å². The minimum absolute atomic E-state index is 0.225. The molecule has 1 amide bonds. The Kier molecular flexibility index (Phi) is 3.65. The quantitative estimate of drug-likeness (QED) is 0.906. The summed E-state index contributed by atoms with van der Waals surface area (Å²) in [6.07, 6.45) is 7.04. The van der Waals surface area contributed by atoms with Crippen LogP contribution in [0.1, 0.15) is 24.8 Å². The minimum Gasteiger partial charge on any atom is -0.352 e. The van der Waals surface area contributed by atoms with E-state index in [9.17, 15) is 4.79 Å². The largest absolute Gasteiger partial charge is 0.352 e. The Hall–Kier alpha value is -2.14. The Morgan fingerprint density at radius 1 is 1.30 bits per heavy atom. The van der Waals surface area contributed by atoms with Gasteiger partial charge in [-0.05, 0) is 61.5 Å². The first-order chi connectivity index (χ1) is 11.3. The number of aromatic nitrogens is 2. The zero-order valence-corrected chi connectivity index (χ0v) is 13.2. The summed E-state index contributed by atoms with van der Waals surface area (Å²) in [5, 5.41) is 10.7. The predicted octanol–water partition coefficient (Wildman–Crippen LogP) is 1.88. The van der Waals surface area contributed by atoms with Gasteiger partial charge in [-0.1, -0.05) is 12.1 Å². The van der Waals surface area contributed by atoms with Crippen LogP contribution in [0.4, 0.5) is 0 Å². The molecule has 1 unspecified atom stereocenters. The molecule has 1 saturated heterocycles. The summed E-state index contributed by atoms with van der Waals surface area (Å²) in [6, 6.07) is 10.1. The van der Waals surface area contributed by atoms with E-state index < -0.39 is 0 Å². The number of nitrogens with one attached hydrogen (secondary N) is 2. The lowest BCUT2D eigenvalue weighted by atomic mass is 9.92. The van der Waals surface area contributed by atoms with E-state index in [-0.39, 0.29) is 11.8 Å². The maximum absolute atomic E-state index is 12.4. The van der Waals surface area contributed by atoms with Crippen LogP contribution < -0.4 is 10.6 Å². The third-order valence-corrected chi connectivity index (χ3v) is 5.28. The van der Waals surface area contributed by atoms with Crippen LogP contribution in [0.2, 0.25) is 0 Å². The van der Waals surface area contributed by atoms with Gasteiger partial charge in [-0.2, -0.15) is 5.10 Å². The van der Waals surface area contributed by atoms with Gasteiger partial charge in [0, 0.05) is 24.9 Å². The van der Waals surface area contributed by atoms with Crippen molar-refractivity contribution in [3.05, 3.63) is 48.3 Å². The van der Waals surface area contributed by atoms with Gasteiger partial charge in [-0.25, -0.2) is 4.68 Å². The Morgan fingerprint density at radius 3 is 2.78 bits per heavy atom. The van der Waals surface area contributed by atoms with Crippen molar-refractivity contribution in [3.8, 4) is 5.69 Å². The molecule has 2 fully saturated rings. The Morgan fingerprint density at radius 2 is 2.09 bits per heavy atom. The van der Waals surface area contributed by atoms with Gasteiger partial charge in [-0.15, -0.1) is 0 Å². The lowest BCUT2D eigenvalue weighted by Crippen LogP contribution is -2.33. The average molecular weight is 310 g/mol. The number of hydrogen-bond donors (Lipinski definition) is 2. The number of nitrogens with zero attached hydrogens (tertiary/aromatic N) is 2. The van der Waals surface area contributed by atoms with Crippen LogP contribution in [0.25, 0.3) is 5.69 Å². The molecule has 120 valence electrons. The molecule has 1 aliphatic heterocycles. The van der Waals surface area contributed by atoms with E-state index in [2.05, 4.69) is 15.7 Å². The van der Waals surface area contributed by atoms with Crippen molar-refractivity contribution < 1.29 is 4.79 Å². The van der Waals surface area contributed by atoms with E-state index in [0.29, 0.717) is 12.0 Å². The SMILES string of the molecule is O=C(NCc1ccc(-n2cccn2)cc1)C1CC12CCNCC2. The highest BCUT2D eigenvalue weighted by Gasteiger charge is 2.57. The van der Waals surface area contributed by atoms with Gasteiger partial charge >= 0.3 is 0 Å². The second-order valence-corrected chi connectivity index (χ2v) is 6.70. The third-order valence-electron chi connectivity index (χ3n) is 5.28. The van der Waals surface area contributed by atoms with Crippen LogP contribution >= 0.6 is 0 Å². The smallest absolute Gasteiger partial charge is 0.223 e. The van der Waals surface area contributed by atoms with Gasteiger partial charge in [0.25, 0.3) is 0 Å². The molecule has 0 bridgehead atoms.